The first-order valence-corrected chi connectivity index (χ1v) is 5.22. The van der Waals surface area contributed by atoms with Crippen molar-refractivity contribution < 1.29 is 4.74 Å². The van der Waals surface area contributed by atoms with Gasteiger partial charge in [0.2, 0.25) is 0 Å². The molecule has 0 amide bonds. The van der Waals surface area contributed by atoms with Crippen LogP contribution in [0.1, 0.15) is 24.3 Å². The molecule has 0 aromatic heterocycles. The molecule has 1 heterocycles. The van der Waals surface area contributed by atoms with Crippen molar-refractivity contribution in [2.75, 3.05) is 20.2 Å². The van der Waals surface area contributed by atoms with Gasteiger partial charge in [-0.05, 0) is 31.5 Å². The highest BCUT2D eigenvalue weighted by Gasteiger charge is 2.23. The van der Waals surface area contributed by atoms with Gasteiger partial charge >= 0.3 is 0 Å². The second-order valence-electron chi connectivity index (χ2n) is 3.74. The lowest BCUT2D eigenvalue weighted by Gasteiger charge is -2.33. The average molecular weight is 191 g/mol. The molecule has 76 valence electrons. The number of nitrogens with zero attached hydrogens (tertiary/aromatic N) is 1. The maximum Gasteiger partial charge on any atom is 0.136 e. The first-order valence-electron chi connectivity index (χ1n) is 5.22. The van der Waals surface area contributed by atoms with Crippen LogP contribution in [-0.4, -0.2) is 25.1 Å². The van der Waals surface area contributed by atoms with E-state index in [9.17, 15) is 0 Å². The van der Waals surface area contributed by atoms with E-state index in [1.165, 1.54) is 11.1 Å². The summed E-state index contributed by atoms with van der Waals surface area (Å²) in [6.45, 7) is 3.90. The maximum atomic E-state index is 5.75. The van der Waals surface area contributed by atoms with Crippen molar-refractivity contribution in [1.82, 2.24) is 4.90 Å². The predicted octanol–water partition coefficient (Wildman–Crippen LogP) is 2.21. The van der Waals surface area contributed by atoms with Crippen LogP contribution in [-0.2, 0) is 11.2 Å². The number of hydrogen-bond acceptors (Lipinski definition) is 2. The Balaban J connectivity index is 2.31. The number of ether oxygens (including phenoxy) is 1. The molecule has 0 spiro atoms. The molecule has 0 fully saturated rings. The predicted molar refractivity (Wildman–Crippen MR) is 57.1 cm³/mol. The fourth-order valence-corrected chi connectivity index (χ4v) is 2.03. The monoisotopic (exact) mass is 191 g/mol. The number of rotatable bonds is 2. The summed E-state index contributed by atoms with van der Waals surface area (Å²) >= 11 is 0. The second-order valence-corrected chi connectivity index (χ2v) is 3.74. The number of fused-ring (bicyclic) bond motifs is 1. The van der Waals surface area contributed by atoms with Crippen molar-refractivity contribution in [3.05, 3.63) is 35.4 Å². The topological polar surface area (TPSA) is 12.5 Å². The molecular formula is C12H17NO. The van der Waals surface area contributed by atoms with Crippen molar-refractivity contribution >= 4 is 0 Å². The van der Waals surface area contributed by atoms with Gasteiger partial charge in [0, 0.05) is 13.2 Å². The van der Waals surface area contributed by atoms with Crippen LogP contribution in [0.15, 0.2) is 24.3 Å². The SMILES string of the molecule is CCOC1c2ccccc2CCN1C. The summed E-state index contributed by atoms with van der Waals surface area (Å²) < 4.78 is 5.75. The van der Waals surface area contributed by atoms with Crippen molar-refractivity contribution in [3.63, 3.8) is 0 Å². The third-order valence-corrected chi connectivity index (χ3v) is 2.78. The van der Waals surface area contributed by atoms with E-state index in [2.05, 4.69) is 36.2 Å². The highest BCUT2D eigenvalue weighted by Crippen LogP contribution is 2.28. The third-order valence-electron chi connectivity index (χ3n) is 2.78. The van der Waals surface area contributed by atoms with E-state index in [0.29, 0.717) is 0 Å². The third kappa shape index (κ3) is 1.68. The van der Waals surface area contributed by atoms with E-state index in [1.54, 1.807) is 0 Å². The second kappa shape index (κ2) is 4.11. The average Bonchev–Trinajstić information content (AvgIpc) is 2.23. The number of benzene rings is 1. The Hall–Kier alpha value is -0.860. The Morgan fingerprint density at radius 2 is 2.21 bits per heavy atom. The van der Waals surface area contributed by atoms with Crippen LogP contribution >= 0.6 is 0 Å². The molecule has 0 N–H and O–H groups in total. The molecule has 1 aromatic rings. The molecule has 0 bridgehead atoms. The van der Waals surface area contributed by atoms with Crippen LogP contribution in [0, 0.1) is 0 Å². The standard InChI is InChI=1S/C12H17NO/c1-3-14-12-11-7-5-4-6-10(11)8-9-13(12)2/h4-7,12H,3,8-9H2,1-2H3. The molecule has 14 heavy (non-hydrogen) atoms. The van der Waals surface area contributed by atoms with Gasteiger partial charge < -0.3 is 4.74 Å². The van der Waals surface area contributed by atoms with E-state index < -0.39 is 0 Å². The largest absolute Gasteiger partial charge is 0.359 e. The minimum absolute atomic E-state index is 0.157. The Kier molecular flexibility index (Phi) is 2.85. The van der Waals surface area contributed by atoms with Gasteiger partial charge in [0.15, 0.2) is 0 Å². The smallest absolute Gasteiger partial charge is 0.136 e. The minimum Gasteiger partial charge on any atom is -0.359 e. The molecule has 1 aliphatic heterocycles. The summed E-state index contributed by atoms with van der Waals surface area (Å²) in [6, 6.07) is 8.57. The summed E-state index contributed by atoms with van der Waals surface area (Å²) in [7, 11) is 2.12. The lowest BCUT2D eigenvalue weighted by atomic mass is 9.99. The van der Waals surface area contributed by atoms with Crippen LogP contribution in [0.3, 0.4) is 0 Å². The van der Waals surface area contributed by atoms with Crippen LogP contribution < -0.4 is 0 Å². The molecule has 2 heteroatoms. The van der Waals surface area contributed by atoms with Gasteiger partial charge in [-0.25, -0.2) is 0 Å². The van der Waals surface area contributed by atoms with Gasteiger partial charge in [0.1, 0.15) is 6.23 Å². The molecular weight excluding hydrogens is 174 g/mol. The first kappa shape index (κ1) is 9.69. The zero-order valence-electron chi connectivity index (χ0n) is 8.86. The summed E-state index contributed by atoms with van der Waals surface area (Å²) in [4.78, 5) is 2.27. The van der Waals surface area contributed by atoms with Crippen LogP contribution in [0.5, 0.6) is 0 Å². The Morgan fingerprint density at radius 1 is 1.43 bits per heavy atom. The zero-order chi connectivity index (χ0) is 9.97. The van der Waals surface area contributed by atoms with Gasteiger partial charge in [-0.2, -0.15) is 0 Å². The fraction of sp³-hybridized carbons (Fsp3) is 0.500. The highest BCUT2D eigenvalue weighted by atomic mass is 16.5. The van der Waals surface area contributed by atoms with Crippen molar-refractivity contribution in [2.45, 2.75) is 19.6 Å². The molecule has 1 atom stereocenters. The Morgan fingerprint density at radius 3 is 3.00 bits per heavy atom. The summed E-state index contributed by atoms with van der Waals surface area (Å²) in [5.74, 6) is 0. The van der Waals surface area contributed by atoms with Gasteiger partial charge in [0.05, 0.1) is 0 Å². The van der Waals surface area contributed by atoms with Gasteiger partial charge in [-0.15, -0.1) is 0 Å². The van der Waals surface area contributed by atoms with Crippen LogP contribution in [0.25, 0.3) is 0 Å². The molecule has 0 saturated heterocycles. The normalized spacial score (nSPS) is 22.0. The van der Waals surface area contributed by atoms with E-state index in [0.717, 1.165) is 19.6 Å². The summed E-state index contributed by atoms with van der Waals surface area (Å²) in [6.07, 6.45) is 1.29. The highest BCUT2D eigenvalue weighted by molar-refractivity contribution is 5.31. The molecule has 2 rings (SSSR count). The lowest BCUT2D eigenvalue weighted by molar-refractivity contribution is -0.0506. The molecule has 1 unspecified atom stereocenters. The summed E-state index contributed by atoms with van der Waals surface area (Å²) in [5, 5.41) is 0. The number of likely N-dealkylation sites (N-methyl/N-ethyl adjacent to an activating group) is 1. The molecule has 0 radical (unpaired) electrons. The van der Waals surface area contributed by atoms with Crippen molar-refractivity contribution in [2.24, 2.45) is 0 Å². The molecule has 1 aromatic carbocycles. The van der Waals surface area contributed by atoms with Gasteiger partial charge in [-0.3, -0.25) is 4.90 Å². The minimum atomic E-state index is 0.157. The molecule has 1 aliphatic rings. The number of hydrogen-bond donors (Lipinski definition) is 0. The van der Waals surface area contributed by atoms with Gasteiger partial charge in [-0.1, -0.05) is 24.3 Å². The Bertz CT molecular complexity index is 311. The van der Waals surface area contributed by atoms with Crippen molar-refractivity contribution in [1.29, 1.82) is 0 Å². The first-order chi connectivity index (χ1) is 6.83. The van der Waals surface area contributed by atoms with Crippen molar-refractivity contribution in [3.8, 4) is 0 Å². The van der Waals surface area contributed by atoms with E-state index in [1.807, 2.05) is 6.92 Å². The quantitative estimate of drug-likeness (QED) is 0.710. The molecule has 0 aliphatic carbocycles. The lowest BCUT2D eigenvalue weighted by Crippen LogP contribution is -2.33. The van der Waals surface area contributed by atoms with Crippen LogP contribution in [0.2, 0.25) is 0 Å². The summed E-state index contributed by atoms with van der Waals surface area (Å²) in [5.41, 5.74) is 2.77. The van der Waals surface area contributed by atoms with E-state index >= 15 is 0 Å². The van der Waals surface area contributed by atoms with Crippen LogP contribution in [0.4, 0.5) is 0 Å². The fourth-order valence-electron chi connectivity index (χ4n) is 2.03. The van der Waals surface area contributed by atoms with E-state index in [4.69, 9.17) is 4.74 Å². The van der Waals surface area contributed by atoms with E-state index in [-0.39, 0.29) is 6.23 Å². The van der Waals surface area contributed by atoms with Gasteiger partial charge in [0.25, 0.3) is 0 Å². The molecule has 2 nitrogen and oxygen atoms in total. The molecule has 0 saturated carbocycles. The zero-order valence-corrected chi connectivity index (χ0v) is 8.86. The maximum absolute atomic E-state index is 5.75. The Labute approximate surface area is 85.5 Å².